The number of nitrogens with one attached hydrogen (secondary N) is 1. The average molecular weight is 252 g/mol. The molecular weight excluding hydrogens is 240 g/mol. The van der Waals surface area contributed by atoms with Gasteiger partial charge in [0.2, 0.25) is 0 Å². The Kier molecular flexibility index (Phi) is 2.16. The van der Waals surface area contributed by atoms with Gasteiger partial charge in [0.1, 0.15) is 0 Å². The van der Waals surface area contributed by atoms with Crippen molar-refractivity contribution in [2.24, 2.45) is 0 Å². The Labute approximate surface area is 99.3 Å². The van der Waals surface area contributed by atoms with Gasteiger partial charge in [-0.2, -0.15) is 0 Å². The number of benzene rings is 1. The van der Waals surface area contributed by atoms with Crippen molar-refractivity contribution in [1.29, 1.82) is 0 Å². The Bertz CT molecular complexity index is 555. The first-order valence-corrected chi connectivity index (χ1v) is 7.24. The number of para-hydroxylation sites is 1. The van der Waals surface area contributed by atoms with Gasteiger partial charge in [-0.3, -0.25) is 4.90 Å². The van der Waals surface area contributed by atoms with Crippen molar-refractivity contribution < 1.29 is 13.2 Å². The first kappa shape index (κ1) is 10.6. The predicted molar refractivity (Wildman–Crippen MR) is 63.7 cm³/mol. The van der Waals surface area contributed by atoms with Crippen molar-refractivity contribution in [3.8, 4) is 0 Å². The molecule has 2 aliphatic heterocycles. The van der Waals surface area contributed by atoms with Gasteiger partial charge in [0.25, 0.3) is 0 Å². The molecule has 1 aromatic rings. The van der Waals surface area contributed by atoms with Crippen molar-refractivity contribution in [2.45, 2.75) is 12.1 Å². The summed E-state index contributed by atoms with van der Waals surface area (Å²) in [5, 5.41) is 2.73. The molecule has 2 aliphatic rings. The first-order valence-electron chi connectivity index (χ1n) is 5.42. The number of anilines is 1. The summed E-state index contributed by atoms with van der Waals surface area (Å²) in [6.07, 6.45) is 0. The van der Waals surface area contributed by atoms with Crippen molar-refractivity contribution in [3.05, 3.63) is 30.3 Å². The maximum Gasteiger partial charge on any atom is 0.322 e. The van der Waals surface area contributed by atoms with Crippen molar-refractivity contribution >= 4 is 21.6 Å². The zero-order valence-electron chi connectivity index (χ0n) is 9.04. The molecule has 2 heterocycles. The van der Waals surface area contributed by atoms with Crippen molar-refractivity contribution in [3.63, 3.8) is 0 Å². The minimum atomic E-state index is -3.03. The van der Waals surface area contributed by atoms with Crippen LogP contribution in [0.15, 0.2) is 30.3 Å². The number of carbonyl (C=O) groups excluding carboxylic acids is 1. The topological polar surface area (TPSA) is 66.5 Å². The fourth-order valence-corrected chi connectivity index (χ4v) is 4.39. The van der Waals surface area contributed by atoms with Crippen LogP contribution in [0.5, 0.6) is 0 Å². The molecule has 1 N–H and O–H groups in total. The predicted octanol–water partition coefficient (Wildman–Crippen LogP) is 0.382. The van der Waals surface area contributed by atoms with Crippen LogP contribution in [0, 0.1) is 0 Å². The van der Waals surface area contributed by atoms with Gasteiger partial charge in [0, 0.05) is 5.69 Å². The SMILES string of the molecule is O=C1N[C@@H]2CS(=O)(=O)C[C@@H]2N1c1ccccc1. The highest BCUT2D eigenvalue weighted by atomic mass is 32.2. The van der Waals surface area contributed by atoms with Gasteiger partial charge in [-0.05, 0) is 12.1 Å². The second kappa shape index (κ2) is 3.46. The Morgan fingerprint density at radius 2 is 1.88 bits per heavy atom. The van der Waals surface area contributed by atoms with Crippen LogP contribution in [0.1, 0.15) is 0 Å². The van der Waals surface area contributed by atoms with E-state index in [0.717, 1.165) is 5.69 Å². The Balaban J connectivity index is 1.98. The number of amides is 2. The minimum Gasteiger partial charge on any atom is -0.332 e. The summed E-state index contributed by atoms with van der Waals surface area (Å²) in [5.74, 6) is 0.0953. The molecule has 3 rings (SSSR count). The summed E-state index contributed by atoms with van der Waals surface area (Å²) < 4.78 is 23.1. The van der Waals surface area contributed by atoms with Crippen LogP contribution in [-0.2, 0) is 9.84 Å². The second-order valence-corrected chi connectivity index (χ2v) is 6.56. The number of carbonyl (C=O) groups is 1. The summed E-state index contributed by atoms with van der Waals surface area (Å²) in [6, 6.07) is 8.41. The van der Waals surface area contributed by atoms with Gasteiger partial charge in [-0.15, -0.1) is 0 Å². The Hall–Kier alpha value is -1.56. The molecule has 0 saturated carbocycles. The molecule has 5 nitrogen and oxygen atoms in total. The number of hydrogen-bond donors (Lipinski definition) is 1. The van der Waals surface area contributed by atoms with Gasteiger partial charge in [0.15, 0.2) is 9.84 Å². The normalized spacial score (nSPS) is 30.1. The van der Waals surface area contributed by atoms with Crippen LogP contribution < -0.4 is 10.2 Å². The lowest BCUT2D eigenvalue weighted by Gasteiger charge is -2.21. The highest BCUT2D eigenvalue weighted by Gasteiger charge is 2.49. The summed E-state index contributed by atoms with van der Waals surface area (Å²) in [7, 11) is -3.03. The number of urea groups is 1. The molecule has 1 aromatic carbocycles. The third-order valence-corrected chi connectivity index (χ3v) is 4.93. The number of fused-ring (bicyclic) bond motifs is 1. The molecule has 90 valence electrons. The molecule has 0 bridgehead atoms. The molecule has 2 amide bonds. The summed E-state index contributed by atoms with van der Waals surface area (Å²) in [4.78, 5) is 13.4. The molecule has 0 spiro atoms. The number of hydrogen-bond acceptors (Lipinski definition) is 3. The number of rotatable bonds is 1. The molecule has 0 aliphatic carbocycles. The van der Waals surface area contributed by atoms with Crippen LogP contribution in [-0.4, -0.2) is 38.0 Å². The summed E-state index contributed by atoms with van der Waals surface area (Å²) >= 11 is 0. The average Bonchev–Trinajstić information content (AvgIpc) is 2.69. The van der Waals surface area contributed by atoms with E-state index >= 15 is 0 Å². The van der Waals surface area contributed by atoms with E-state index in [1.807, 2.05) is 30.3 Å². The van der Waals surface area contributed by atoms with E-state index < -0.39 is 9.84 Å². The van der Waals surface area contributed by atoms with E-state index in [2.05, 4.69) is 5.32 Å². The largest absolute Gasteiger partial charge is 0.332 e. The van der Waals surface area contributed by atoms with Crippen molar-refractivity contribution in [2.75, 3.05) is 16.4 Å². The van der Waals surface area contributed by atoms with Gasteiger partial charge < -0.3 is 5.32 Å². The van der Waals surface area contributed by atoms with Crippen LogP contribution in [0.2, 0.25) is 0 Å². The second-order valence-electron chi connectivity index (χ2n) is 4.41. The van der Waals surface area contributed by atoms with E-state index in [1.54, 1.807) is 4.90 Å². The fraction of sp³-hybridized carbons (Fsp3) is 0.364. The first-order chi connectivity index (χ1) is 8.07. The number of nitrogens with zero attached hydrogens (tertiary/aromatic N) is 1. The third-order valence-electron chi connectivity index (χ3n) is 3.22. The van der Waals surface area contributed by atoms with Crippen LogP contribution in [0.25, 0.3) is 0 Å². The van der Waals surface area contributed by atoms with Gasteiger partial charge in [0.05, 0.1) is 23.6 Å². The minimum absolute atomic E-state index is 0.0469. The van der Waals surface area contributed by atoms with E-state index in [9.17, 15) is 13.2 Å². The van der Waals surface area contributed by atoms with Crippen LogP contribution in [0.4, 0.5) is 10.5 Å². The Morgan fingerprint density at radius 3 is 2.59 bits per heavy atom. The van der Waals surface area contributed by atoms with Crippen LogP contribution >= 0.6 is 0 Å². The lowest BCUT2D eigenvalue weighted by Crippen LogP contribution is -2.36. The molecule has 0 unspecified atom stereocenters. The molecule has 2 fully saturated rings. The number of sulfone groups is 1. The van der Waals surface area contributed by atoms with Gasteiger partial charge >= 0.3 is 6.03 Å². The van der Waals surface area contributed by atoms with Crippen LogP contribution in [0.3, 0.4) is 0 Å². The van der Waals surface area contributed by atoms with E-state index in [1.165, 1.54) is 0 Å². The lowest BCUT2D eigenvalue weighted by molar-refractivity contribution is 0.251. The van der Waals surface area contributed by atoms with E-state index in [-0.39, 0.29) is 29.6 Å². The Morgan fingerprint density at radius 1 is 1.18 bits per heavy atom. The monoisotopic (exact) mass is 252 g/mol. The maximum absolute atomic E-state index is 11.8. The van der Waals surface area contributed by atoms with E-state index in [4.69, 9.17) is 0 Å². The standard InChI is InChI=1S/C11H12N2O3S/c14-11-12-9-6-17(15,16)7-10(9)13(11)8-4-2-1-3-5-8/h1-5,9-10H,6-7H2,(H,12,14)/t9-,10+/m1/s1. The van der Waals surface area contributed by atoms with E-state index in [0.29, 0.717) is 0 Å². The van der Waals surface area contributed by atoms with Crippen molar-refractivity contribution in [1.82, 2.24) is 5.32 Å². The molecule has 6 heteroatoms. The molecular formula is C11H12N2O3S. The molecule has 2 atom stereocenters. The summed E-state index contributed by atoms with van der Waals surface area (Å²) in [6.45, 7) is 0. The molecule has 0 radical (unpaired) electrons. The summed E-state index contributed by atoms with van der Waals surface area (Å²) in [5.41, 5.74) is 0.745. The highest BCUT2D eigenvalue weighted by molar-refractivity contribution is 7.91. The van der Waals surface area contributed by atoms with Gasteiger partial charge in [-0.1, -0.05) is 18.2 Å². The zero-order valence-corrected chi connectivity index (χ0v) is 9.85. The fourth-order valence-electron chi connectivity index (χ4n) is 2.50. The maximum atomic E-state index is 11.8. The molecule has 0 aromatic heterocycles. The zero-order chi connectivity index (χ0) is 12.0. The molecule has 17 heavy (non-hydrogen) atoms. The van der Waals surface area contributed by atoms with Gasteiger partial charge in [-0.25, -0.2) is 13.2 Å². The highest BCUT2D eigenvalue weighted by Crippen LogP contribution is 2.28. The lowest BCUT2D eigenvalue weighted by atomic mass is 10.1. The smallest absolute Gasteiger partial charge is 0.322 e. The third kappa shape index (κ3) is 1.68. The molecule has 2 saturated heterocycles. The quantitative estimate of drug-likeness (QED) is 0.735.